The molecule has 170 valence electrons. The van der Waals surface area contributed by atoms with Crippen molar-refractivity contribution in [3.63, 3.8) is 0 Å². The van der Waals surface area contributed by atoms with E-state index < -0.39 is 23.3 Å². The molecule has 0 spiro atoms. The van der Waals surface area contributed by atoms with Gasteiger partial charge in [0.15, 0.2) is 0 Å². The van der Waals surface area contributed by atoms with Crippen LogP contribution in [0.25, 0.3) is 6.08 Å². The van der Waals surface area contributed by atoms with Crippen LogP contribution in [0.15, 0.2) is 33.7 Å². The number of hydrazone groups is 1. The molecule has 2 aromatic rings. The summed E-state index contributed by atoms with van der Waals surface area (Å²) < 4.78 is 5.81. The predicted octanol–water partition coefficient (Wildman–Crippen LogP) is 2.72. The van der Waals surface area contributed by atoms with Gasteiger partial charge in [-0.05, 0) is 62.6 Å². The quantitative estimate of drug-likeness (QED) is 0.554. The van der Waals surface area contributed by atoms with Gasteiger partial charge in [-0.3, -0.25) is 19.0 Å². The summed E-state index contributed by atoms with van der Waals surface area (Å²) in [5.74, 6) is -1.36. The fraction of sp³-hybridized carbons (Fsp3) is 0.292. The average molecular weight is 448 g/mol. The van der Waals surface area contributed by atoms with E-state index in [1.807, 2.05) is 32.0 Å². The number of benzene rings is 1. The minimum atomic E-state index is -0.707. The highest BCUT2D eigenvalue weighted by Crippen LogP contribution is 2.30. The van der Waals surface area contributed by atoms with Crippen molar-refractivity contribution in [2.24, 2.45) is 5.10 Å². The molecule has 0 atom stereocenters. The molecule has 1 aromatic carbocycles. The molecule has 0 unspecified atom stereocenters. The number of pyridine rings is 1. The Morgan fingerprint density at radius 2 is 1.91 bits per heavy atom. The van der Waals surface area contributed by atoms with Crippen LogP contribution in [0.2, 0.25) is 0 Å². The molecule has 3 rings (SSSR count). The second-order valence-electron chi connectivity index (χ2n) is 7.77. The zero-order valence-corrected chi connectivity index (χ0v) is 19.1. The minimum absolute atomic E-state index is 0.147. The van der Waals surface area contributed by atoms with Gasteiger partial charge in [-0.2, -0.15) is 15.4 Å². The van der Waals surface area contributed by atoms with Gasteiger partial charge >= 0.3 is 5.97 Å². The normalized spacial score (nSPS) is 14.4. The fourth-order valence-corrected chi connectivity index (χ4v) is 3.49. The van der Waals surface area contributed by atoms with Gasteiger partial charge in [-0.25, -0.2) is 0 Å². The van der Waals surface area contributed by atoms with Crippen LogP contribution >= 0.6 is 0 Å². The number of nitrogens with zero attached hydrogens (tertiary/aromatic N) is 4. The van der Waals surface area contributed by atoms with E-state index in [1.165, 1.54) is 24.9 Å². The summed E-state index contributed by atoms with van der Waals surface area (Å²) in [6.45, 7) is 8.02. The molecule has 1 aromatic heterocycles. The topological polar surface area (TPSA) is 125 Å². The Kier molecular flexibility index (Phi) is 6.49. The van der Waals surface area contributed by atoms with Gasteiger partial charge in [-0.1, -0.05) is 6.07 Å². The molecule has 0 aliphatic carbocycles. The number of aromatic nitrogens is 1. The number of carbonyl (C=O) groups is 2. The standard InChI is InChI=1S/C24H24N4O5/c1-13-6-7-18(10-14(13)2)28-24(32)20(16(4)26-28)11-19-15(3)21(12-25)23(31)27(22(19)30)8-9-33-17(5)29/h6-7,10-11,30H,8-9H2,1-5H3/b20-11-. The SMILES string of the molecule is CC(=O)OCCn1c(O)c(/C=C2\C(=O)N(c3ccc(C)c(C)c3)N=C2C)c(C)c(C#N)c1=O. The molecular formula is C24H24N4O5. The van der Waals surface area contributed by atoms with E-state index in [-0.39, 0.29) is 35.4 Å². The second-order valence-corrected chi connectivity index (χ2v) is 7.77. The number of rotatable bonds is 5. The van der Waals surface area contributed by atoms with Gasteiger partial charge < -0.3 is 9.84 Å². The van der Waals surface area contributed by atoms with Crippen molar-refractivity contribution >= 4 is 29.4 Å². The number of carbonyl (C=O) groups excluding carboxylic acids is 2. The Labute approximate surface area is 190 Å². The molecular weight excluding hydrogens is 424 g/mol. The third-order valence-corrected chi connectivity index (χ3v) is 5.55. The molecule has 33 heavy (non-hydrogen) atoms. The first-order valence-electron chi connectivity index (χ1n) is 10.3. The van der Waals surface area contributed by atoms with Crippen LogP contribution in [0.3, 0.4) is 0 Å². The maximum absolute atomic E-state index is 13.2. The van der Waals surface area contributed by atoms with Gasteiger partial charge in [0, 0.05) is 12.5 Å². The second kappa shape index (κ2) is 9.12. The monoisotopic (exact) mass is 448 g/mol. The van der Waals surface area contributed by atoms with Gasteiger partial charge in [-0.15, -0.1) is 0 Å². The summed E-state index contributed by atoms with van der Waals surface area (Å²) in [6.07, 6.45) is 1.43. The molecule has 0 radical (unpaired) electrons. The number of anilines is 1. The van der Waals surface area contributed by atoms with Crippen LogP contribution < -0.4 is 10.6 Å². The summed E-state index contributed by atoms with van der Waals surface area (Å²) in [4.78, 5) is 36.9. The van der Waals surface area contributed by atoms with E-state index >= 15 is 0 Å². The summed E-state index contributed by atoms with van der Waals surface area (Å²) in [6, 6.07) is 7.42. The smallest absolute Gasteiger partial charge is 0.302 e. The Hall–Kier alpha value is -4.19. The summed E-state index contributed by atoms with van der Waals surface area (Å²) in [5, 5.41) is 26.0. The summed E-state index contributed by atoms with van der Waals surface area (Å²) >= 11 is 0. The Balaban J connectivity index is 2.08. The molecule has 1 N–H and O–H groups in total. The van der Waals surface area contributed by atoms with Gasteiger partial charge in [0.1, 0.15) is 18.2 Å². The molecule has 0 saturated heterocycles. The lowest BCUT2D eigenvalue weighted by Crippen LogP contribution is -2.27. The van der Waals surface area contributed by atoms with Crippen molar-refractivity contribution in [3.8, 4) is 11.9 Å². The zero-order chi connectivity index (χ0) is 24.4. The Morgan fingerprint density at radius 1 is 1.21 bits per heavy atom. The number of esters is 1. The van der Waals surface area contributed by atoms with Gasteiger partial charge in [0.2, 0.25) is 5.88 Å². The van der Waals surface area contributed by atoms with Crippen LogP contribution in [-0.2, 0) is 20.9 Å². The fourth-order valence-electron chi connectivity index (χ4n) is 3.49. The number of ether oxygens (including phenoxy) is 1. The van der Waals surface area contributed by atoms with E-state index in [0.29, 0.717) is 11.4 Å². The molecule has 0 fully saturated rings. The van der Waals surface area contributed by atoms with Crippen LogP contribution in [0.5, 0.6) is 5.88 Å². The molecule has 0 bridgehead atoms. The maximum Gasteiger partial charge on any atom is 0.302 e. The van der Waals surface area contributed by atoms with Crippen molar-refractivity contribution < 1.29 is 19.4 Å². The molecule has 0 saturated carbocycles. The van der Waals surface area contributed by atoms with Crippen molar-refractivity contribution in [3.05, 3.63) is 61.9 Å². The predicted molar refractivity (Wildman–Crippen MR) is 123 cm³/mol. The maximum atomic E-state index is 13.2. The number of hydrogen-bond acceptors (Lipinski definition) is 7. The molecule has 1 aliphatic heterocycles. The molecule has 1 amide bonds. The molecule has 1 aliphatic rings. The minimum Gasteiger partial charge on any atom is -0.494 e. The lowest BCUT2D eigenvalue weighted by Gasteiger charge is -2.15. The number of nitriles is 1. The summed E-state index contributed by atoms with van der Waals surface area (Å²) in [5.41, 5.74) is 2.86. The van der Waals surface area contributed by atoms with Crippen molar-refractivity contribution in [1.82, 2.24) is 4.57 Å². The van der Waals surface area contributed by atoms with Crippen molar-refractivity contribution in [2.75, 3.05) is 11.6 Å². The lowest BCUT2D eigenvalue weighted by molar-refractivity contribution is -0.141. The van der Waals surface area contributed by atoms with E-state index in [0.717, 1.165) is 15.7 Å². The summed E-state index contributed by atoms with van der Waals surface area (Å²) in [7, 11) is 0. The average Bonchev–Trinajstić information content (AvgIpc) is 3.03. The number of amides is 1. The first kappa shape index (κ1) is 23.5. The number of aryl methyl sites for hydroxylation is 2. The zero-order valence-electron chi connectivity index (χ0n) is 19.1. The van der Waals surface area contributed by atoms with Crippen LogP contribution in [-0.4, -0.2) is 33.9 Å². The highest BCUT2D eigenvalue weighted by Gasteiger charge is 2.30. The molecule has 9 nitrogen and oxygen atoms in total. The van der Waals surface area contributed by atoms with Crippen molar-refractivity contribution in [2.45, 2.75) is 41.2 Å². The third kappa shape index (κ3) is 4.41. The molecule has 9 heteroatoms. The number of aromatic hydroxyl groups is 1. The van der Waals surface area contributed by atoms with Crippen molar-refractivity contribution in [1.29, 1.82) is 5.26 Å². The van der Waals surface area contributed by atoms with Crippen LogP contribution in [0.1, 0.15) is 41.7 Å². The Morgan fingerprint density at radius 3 is 2.52 bits per heavy atom. The van der Waals surface area contributed by atoms with E-state index in [4.69, 9.17) is 4.74 Å². The van der Waals surface area contributed by atoms with Gasteiger partial charge in [0.25, 0.3) is 11.5 Å². The highest BCUT2D eigenvalue weighted by atomic mass is 16.5. The van der Waals surface area contributed by atoms with E-state index in [2.05, 4.69) is 5.10 Å². The van der Waals surface area contributed by atoms with E-state index in [1.54, 1.807) is 13.0 Å². The largest absolute Gasteiger partial charge is 0.494 e. The highest BCUT2D eigenvalue weighted by molar-refractivity contribution is 6.32. The van der Waals surface area contributed by atoms with Crippen LogP contribution in [0.4, 0.5) is 5.69 Å². The van der Waals surface area contributed by atoms with Crippen LogP contribution in [0, 0.1) is 32.1 Å². The van der Waals surface area contributed by atoms with Gasteiger partial charge in [0.05, 0.1) is 23.5 Å². The first-order chi connectivity index (χ1) is 15.6. The molecule has 2 heterocycles. The first-order valence-corrected chi connectivity index (χ1v) is 10.3. The third-order valence-electron chi connectivity index (χ3n) is 5.55. The Bertz CT molecular complexity index is 1330. The number of hydrogen-bond donors (Lipinski definition) is 1. The van der Waals surface area contributed by atoms with E-state index in [9.17, 15) is 24.8 Å². The lowest BCUT2D eigenvalue weighted by atomic mass is 10.0.